The van der Waals surface area contributed by atoms with Crippen LogP contribution in [-0.4, -0.2) is 15.3 Å². The number of halogens is 2. The average Bonchev–Trinajstić information content (AvgIpc) is 2.86. The van der Waals surface area contributed by atoms with Gasteiger partial charge in [-0.15, -0.1) is 0 Å². The number of imidazole rings is 1. The quantitative estimate of drug-likeness (QED) is 0.670. The summed E-state index contributed by atoms with van der Waals surface area (Å²) in [6.45, 7) is 0.379. The van der Waals surface area contributed by atoms with Crippen LogP contribution in [0.1, 0.15) is 16.1 Å². The van der Waals surface area contributed by atoms with E-state index in [-0.39, 0.29) is 5.91 Å². The highest BCUT2D eigenvalue weighted by molar-refractivity contribution is 14.1. The van der Waals surface area contributed by atoms with E-state index in [0.29, 0.717) is 17.1 Å². The largest absolute Gasteiger partial charge is 0.346 e. The molecular formula is C15H11ClIN3O. The van der Waals surface area contributed by atoms with Crippen molar-refractivity contribution in [2.45, 2.75) is 6.54 Å². The van der Waals surface area contributed by atoms with Gasteiger partial charge in [0.1, 0.15) is 5.65 Å². The molecular weight excluding hydrogens is 401 g/mol. The fourth-order valence-electron chi connectivity index (χ4n) is 2.00. The number of nitrogens with zero attached hydrogens (tertiary/aromatic N) is 2. The van der Waals surface area contributed by atoms with Gasteiger partial charge in [-0.1, -0.05) is 17.7 Å². The Balaban J connectivity index is 1.72. The van der Waals surface area contributed by atoms with Gasteiger partial charge in [0.2, 0.25) is 0 Å². The van der Waals surface area contributed by atoms with Crippen molar-refractivity contribution in [3.63, 3.8) is 0 Å². The molecule has 1 N–H and O–H groups in total. The first-order chi connectivity index (χ1) is 10.1. The van der Waals surface area contributed by atoms with Crippen LogP contribution in [0.2, 0.25) is 5.02 Å². The molecule has 21 heavy (non-hydrogen) atoms. The predicted molar refractivity (Wildman–Crippen MR) is 90.5 cm³/mol. The maximum atomic E-state index is 12.1. The lowest BCUT2D eigenvalue weighted by Crippen LogP contribution is -2.22. The lowest BCUT2D eigenvalue weighted by atomic mass is 10.2. The van der Waals surface area contributed by atoms with Gasteiger partial charge in [-0.2, -0.15) is 0 Å². The minimum atomic E-state index is -0.108. The number of benzene rings is 1. The number of aromatic nitrogens is 2. The fourth-order valence-corrected chi connectivity index (χ4v) is 2.72. The zero-order chi connectivity index (χ0) is 14.8. The molecule has 0 aliphatic heterocycles. The molecule has 0 aliphatic carbocycles. The molecule has 6 heteroatoms. The van der Waals surface area contributed by atoms with Gasteiger partial charge in [0.05, 0.1) is 17.3 Å². The number of nitrogens with one attached hydrogen (secondary N) is 1. The van der Waals surface area contributed by atoms with E-state index in [4.69, 9.17) is 11.6 Å². The molecule has 2 heterocycles. The van der Waals surface area contributed by atoms with Crippen LogP contribution in [-0.2, 0) is 6.54 Å². The van der Waals surface area contributed by atoms with Crippen LogP contribution in [0.4, 0.5) is 0 Å². The highest BCUT2D eigenvalue weighted by atomic mass is 127. The monoisotopic (exact) mass is 411 g/mol. The lowest BCUT2D eigenvalue weighted by Gasteiger charge is -2.03. The minimum absolute atomic E-state index is 0.108. The minimum Gasteiger partial charge on any atom is -0.346 e. The van der Waals surface area contributed by atoms with E-state index < -0.39 is 0 Å². The number of fused-ring (bicyclic) bond motifs is 1. The first-order valence-electron chi connectivity index (χ1n) is 6.29. The molecule has 0 spiro atoms. The summed E-state index contributed by atoms with van der Waals surface area (Å²) in [5, 5.41) is 3.51. The normalized spacial score (nSPS) is 10.8. The van der Waals surface area contributed by atoms with Crippen LogP contribution in [0.3, 0.4) is 0 Å². The Hall–Kier alpha value is -1.60. The Labute approximate surface area is 140 Å². The van der Waals surface area contributed by atoms with Crippen molar-refractivity contribution in [1.29, 1.82) is 0 Å². The Bertz CT molecular complexity index is 816. The van der Waals surface area contributed by atoms with Gasteiger partial charge >= 0.3 is 0 Å². The van der Waals surface area contributed by atoms with E-state index in [0.717, 1.165) is 14.9 Å². The molecule has 0 atom stereocenters. The first kappa shape index (κ1) is 14.3. The molecule has 0 saturated carbocycles. The zero-order valence-electron chi connectivity index (χ0n) is 10.9. The Morgan fingerprint density at radius 3 is 2.95 bits per heavy atom. The summed E-state index contributed by atoms with van der Waals surface area (Å²) < 4.78 is 2.87. The van der Waals surface area contributed by atoms with Crippen LogP contribution >= 0.6 is 34.2 Å². The van der Waals surface area contributed by atoms with Crippen molar-refractivity contribution in [3.8, 4) is 0 Å². The van der Waals surface area contributed by atoms with Gasteiger partial charge in [-0.25, -0.2) is 4.98 Å². The third kappa shape index (κ3) is 3.36. The highest BCUT2D eigenvalue weighted by Crippen LogP contribution is 2.12. The average molecular weight is 412 g/mol. The first-order valence-corrected chi connectivity index (χ1v) is 7.74. The van der Waals surface area contributed by atoms with Crippen LogP contribution in [0.5, 0.6) is 0 Å². The Morgan fingerprint density at radius 2 is 2.14 bits per heavy atom. The van der Waals surface area contributed by atoms with E-state index >= 15 is 0 Å². The van der Waals surface area contributed by atoms with Crippen molar-refractivity contribution in [2.75, 3.05) is 0 Å². The van der Waals surface area contributed by atoms with E-state index in [9.17, 15) is 4.79 Å². The van der Waals surface area contributed by atoms with Crippen molar-refractivity contribution >= 4 is 45.7 Å². The molecule has 0 fully saturated rings. The number of hydrogen-bond donors (Lipinski definition) is 1. The number of pyridine rings is 1. The molecule has 1 amide bonds. The topological polar surface area (TPSA) is 46.4 Å². The van der Waals surface area contributed by atoms with Crippen LogP contribution in [0.25, 0.3) is 5.65 Å². The van der Waals surface area contributed by atoms with Crippen molar-refractivity contribution in [3.05, 3.63) is 68.6 Å². The summed E-state index contributed by atoms with van der Waals surface area (Å²) in [6, 6.07) is 11.1. The summed E-state index contributed by atoms with van der Waals surface area (Å²) in [5.41, 5.74) is 2.24. The van der Waals surface area contributed by atoms with E-state index in [1.165, 1.54) is 0 Å². The summed E-state index contributed by atoms with van der Waals surface area (Å²) in [6.07, 6.45) is 3.64. The molecule has 0 bridgehead atoms. The third-order valence-electron chi connectivity index (χ3n) is 2.98. The molecule has 0 saturated heterocycles. The molecule has 2 aromatic heterocycles. The Kier molecular flexibility index (Phi) is 4.12. The number of amides is 1. The lowest BCUT2D eigenvalue weighted by molar-refractivity contribution is 0.0950. The highest BCUT2D eigenvalue weighted by Gasteiger charge is 2.07. The van der Waals surface area contributed by atoms with Gasteiger partial charge < -0.3 is 9.72 Å². The van der Waals surface area contributed by atoms with Crippen LogP contribution in [0, 0.1) is 3.57 Å². The molecule has 106 valence electrons. The van der Waals surface area contributed by atoms with Crippen LogP contribution in [0.15, 0.2) is 48.8 Å². The van der Waals surface area contributed by atoms with Gasteiger partial charge in [0.15, 0.2) is 0 Å². The molecule has 1 aromatic carbocycles. The second kappa shape index (κ2) is 6.03. The van der Waals surface area contributed by atoms with Crippen molar-refractivity contribution in [2.24, 2.45) is 0 Å². The van der Waals surface area contributed by atoms with E-state index in [2.05, 4.69) is 32.9 Å². The summed E-state index contributed by atoms with van der Waals surface area (Å²) in [5.74, 6) is -0.108. The summed E-state index contributed by atoms with van der Waals surface area (Å²) >= 11 is 8.11. The third-order valence-corrected chi connectivity index (χ3v) is 3.88. The smallest absolute Gasteiger partial charge is 0.251 e. The summed E-state index contributed by atoms with van der Waals surface area (Å²) in [7, 11) is 0. The predicted octanol–water partition coefficient (Wildman–Crippen LogP) is 3.52. The SMILES string of the molecule is O=C(NCc1cn2cc(Cl)ccc2n1)c1cccc(I)c1. The standard InChI is InChI=1S/C15H11ClIN3O/c16-11-4-5-14-19-13(9-20(14)8-11)7-18-15(21)10-2-1-3-12(17)6-10/h1-6,8-9H,7H2,(H,18,21). The van der Waals surface area contributed by atoms with Crippen molar-refractivity contribution < 1.29 is 4.79 Å². The van der Waals surface area contributed by atoms with Gasteiger partial charge in [0, 0.05) is 21.5 Å². The second-order valence-corrected chi connectivity index (χ2v) is 6.22. The molecule has 3 rings (SSSR count). The number of rotatable bonds is 3. The number of carbonyl (C=O) groups is 1. The van der Waals surface area contributed by atoms with Gasteiger partial charge in [-0.3, -0.25) is 4.79 Å². The Morgan fingerprint density at radius 1 is 1.29 bits per heavy atom. The molecule has 0 aliphatic rings. The molecule has 4 nitrogen and oxygen atoms in total. The summed E-state index contributed by atoms with van der Waals surface area (Å²) in [4.78, 5) is 16.5. The van der Waals surface area contributed by atoms with E-state index in [1.54, 1.807) is 18.3 Å². The maximum absolute atomic E-state index is 12.1. The fraction of sp³-hybridized carbons (Fsp3) is 0.0667. The number of hydrogen-bond acceptors (Lipinski definition) is 2. The van der Waals surface area contributed by atoms with Crippen LogP contribution < -0.4 is 5.32 Å². The zero-order valence-corrected chi connectivity index (χ0v) is 13.8. The number of carbonyl (C=O) groups excluding carboxylic acids is 1. The van der Waals surface area contributed by atoms with Crippen molar-refractivity contribution in [1.82, 2.24) is 14.7 Å². The van der Waals surface area contributed by atoms with Gasteiger partial charge in [-0.05, 0) is 52.9 Å². The second-order valence-electron chi connectivity index (χ2n) is 4.54. The molecule has 0 radical (unpaired) electrons. The maximum Gasteiger partial charge on any atom is 0.251 e. The van der Waals surface area contributed by atoms with E-state index in [1.807, 2.05) is 34.9 Å². The molecule has 0 unspecified atom stereocenters. The van der Waals surface area contributed by atoms with Gasteiger partial charge in [0.25, 0.3) is 5.91 Å². The molecule has 3 aromatic rings.